The summed E-state index contributed by atoms with van der Waals surface area (Å²) in [5.41, 5.74) is 1.88. The Balaban J connectivity index is 1.56. The zero-order chi connectivity index (χ0) is 16.5. The van der Waals surface area contributed by atoms with Gasteiger partial charge in [-0.1, -0.05) is 24.3 Å². The van der Waals surface area contributed by atoms with Crippen LogP contribution in [0.4, 0.5) is 0 Å². The van der Waals surface area contributed by atoms with Gasteiger partial charge in [0.1, 0.15) is 11.4 Å². The molecule has 0 saturated carbocycles. The smallest absolute Gasteiger partial charge is 0.287 e. The van der Waals surface area contributed by atoms with E-state index in [1.807, 2.05) is 24.3 Å². The van der Waals surface area contributed by atoms with Gasteiger partial charge in [-0.05, 0) is 24.3 Å². The standard InChI is InChI=1S/C18H13N3O3/c22-14-9-16(24-15-8-4-1-5-11(14)15)18(23)19-10-17-20-12-6-2-3-7-13(12)21-17/h1-9H,10H2,(H,19,23)(H,20,21). The molecule has 0 spiro atoms. The number of rotatable bonds is 3. The second kappa shape index (κ2) is 5.66. The third kappa shape index (κ3) is 2.54. The summed E-state index contributed by atoms with van der Waals surface area (Å²) in [6.07, 6.45) is 0. The highest BCUT2D eigenvalue weighted by Gasteiger charge is 2.12. The predicted octanol–water partition coefficient (Wildman–Crippen LogP) is 2.60. The van der Waals surface area contributed by atoms with E-state index in [1.165, 1.54) is 6.07 Å². The van der Waals surface area contributed by atoms with Crippen molar-refractivity contribution in [3.8, 4) is 0 Å². The van der Waals surface area contributed by atoms with Crippen LogP contribution in [0.3, 0.4) is 0 Å². The lowest BCUT2D eigenvalue weighted by Gasteiger charge is -2.03. The van der Waals surface area contributed by atoms with E-state index < -0.39 is 5.91 Å². The Bertz CT molecular complexity index is 1080. The van der Waals surface area contributed by atoms with Crippen LogP contribution in [0, 0.1) is 0 Å². The molecule has 0 unspecified atom stereocenters. The first-order chi connectivity index (χ1) is 11.7. The number of carbonyl (C=O) groups is 1. The van der Waals surface area contributed by atoms with Crippen LogP contribution in [0.1, 0.15) is 16.4 Å². The molecule has 2 aromatic heterocycles. The molecule has 6 nitrogen and oxygen atoms in total. The molecule has 0 bridgehead atoms. The highest BCUT2D eigenvalue weighted by molar-refractivity contribution is 5.93. The molecule has 6 heteroatoms. The highest BCUT2D eigenvalue weighted by atomic mass is 16.3. The molecule has 0 aliphatic rings. The minimum atomic E-state index is -0.460. The molecule has 0 aliphatic carbocycles. The molecule has 4 rings (SSSR count). The van der Waals surface area contributed by atoms with Crippen LogP contribution in [-0.4, -0.2) is 15.9 Å². The van der Waals surface area contributed by atoms with Gasteiger partial charge < -0.3 is 14.7 Å². The van der Waals surface area contributed by atoms with E-state index in [4.69, 9.17) is 4.42 Å². The molecule has 0 atom stereocenters. The number of nitrogens with zero attached hydrogens (tertiary/aromatic N) is 1. The van der Waals surface area contributed by atoms with Crippen LogP contribution in [-0.2, 0) is 6.54 Å². The number of imidazole rings is 1. The maximum Gasteiger partial charge on any atom is 0.287 e. The number of fused-ring (bicyclic) bond motifs is 2. The molecule has 2 N–H and O–H groups in total. The molecule has 0 radical (unpaired) electrons. The zero-order valence-corrected chi connectivity index (χ0v) is 12.6. The summed E-state index contributed by atoms with van der Waals surface area (Å²) in [6, 6.07) is 15.6. The lowest BCUT2D eigenvalue weighted by molar-refractivity contribution is 0.0923. The van der Waals surface area contributed by atoms with Crippen molar-refractivity contribution in [1.82, 2.24) is 15.3 Å². The summed E-state index contributed by atoms with van der Waals surface area (Å²) < 4.78 is 5.51. The van der Waals surface area contributed by atoms with Crippen molar-refractivity contribution in [2.24, 2.45) is 0 Å². The Morgan fingerprint density at radius 1 is 1.12 bits per heavy atom. The minimum Gasteiger partial charge on any atom is -0.451 e. The fourth-order valence-corrected chi connectivity index (χ4v) is 2.56. The van der Waals surface area contributed by atoms with Gasteiger partial charge in [0.05, 0.1) is 23.0 Å². The lowest BCUT2D eigenvalue weighted by Crippen LogP contribution is -2.24. The van der Waals surface area contributed by atoms with Gasteiger partial charge in [0, 0.05) is 6.07 Å². The van der Waals surface area contributed by atoms with E-state index in [1.54, 1.807) is 24.3 Å². The summed E-state index contributed by atoms with van der Waals surface area (Å²) in [6.45, 7) is 0.212. The van der Waals surface area contributed by atoms with Crippen molar-refractivity contribution in [3.63, 3.8) is 0 Å². The molecule has 118 valence electrons. The second-order valence-corrected chi connectivity index (χ2v) is 5.35. The van der Waals surface area contributed by atoms with Crippen molar-refractivity contribution >= 4 is 27.9 Å². The predicted molar refractivity (Wildman–Crippen MR) is 89.7 cm³/mol. The molecule has 24 heavy (non-hydrogen) atoms. The molecule has 4 aromatic rings. The van der Waals surface area contributed by atoms with Gasteiger partial charge in [-0.2, -0.15) is 0 Å². The molecule has 0 fully saturated rings. The number of carbonyl (C=O) groups excluding carboxylic acids is 1. The van der Waals surface area contributed by atoms with Crippen LogP contribution in [0.15, 0.2) is 63.8 Å². The molecule has 1 amide bonds. The number of aromatic nitrogens is 2. The van der Waals surface area contributed by atoms with Crippen LogP contribution in [0.2, 0.25) is 0 Å². The Hall–Kier alpha value is -3.41. The zero-order valence-electron chi connectivity index (χ0n) is 12.6. The number of hydrogen-bond acceptors (Lipinski definition) is 4. The monoisotopic (exact) mass is 319 g/mol. The van der Waals surface area contributed by atoms with E-state index in [0.29, 0.717) is 16.8 Å². The molecular formula is C18H13N3O3. The largest absolute Gasteiger partial charge is 0.451 e. The number of benzene rings is 2. The van der Waals surface area contributed by atoms with Crippen molar-refractivity contribution in [2.75, 3.05) is 0 Å². The summed E-state index contributed by atoms with van der Waals surface area (Å²) in [5, 5.41) is 3.15. The quantitative estimate of drug-likeness (QED) is 0.607. The van der Waals surface area contributed by atoms with E-state index in [2.05, 4.69) is 15.3 Å². The first kappa shape index (κ1) is 14.2. The SMILES string of the molecule is O=C(NCc1nc2ccccc2[nH]1)c1cc(=O)c2ccccc2o1. The minimum absolute atomic E-state index is 0.0187. The fraction of sp³-hybridized carbons (Fsp3) is 0.0556. The number of hydrogen-bond donors (Lipinski definition) is 2. The van der Waals surface area contributed by atoms with E-state index >= 15 is 0 Å². The van der Waals surface area contributed by atoms with Gasteiger partial charge in [-0.3, -0.25) is 9.59 Å². The van der Waals surface area contributed by atoms with Gasteiger partial charge in [-0.25, -0.2) is 4.98 Å². The number of H-pyrrole nitrogens is 1. The molecule has 2 heterocycles. The maximum atomic E-state index is 12.2. The van der Waals surface area contributed by atoms with E-state index in [-0.39, 0.29) is 17.7 Å². The topological polar surface area (TPSA) is 88.0 Å². The average molecular weight is 319 g/mol. The highest BCUT2D eigenvalue weighted by Crippen LogP contribution is 2.12. The van der Waals surface area contributed by atoms with Crippen LogP contribution >= 0.6 is 0 Å². The molecule has 0 aliphatic heterocycles. The average Bonchev–Trinajstić information content (AvgIpc) is 3.02. The van der Waals surface area contributed by atoms with E-state index in [0.717, 1.165) is 11.0 Å². The third-order valence-electron chi connectivity index (χ3n) is 3.71. The Kier molecular flexibility index (Phi) is 3.35. The summed E-state index contributed by atoms with van der Waals surface area (Å²) in [7, 11) is 0. The lowest BCUT2D eigenvalue weighted by atomic mass is 10.2. The number of nitrogens with one attached hydrogen (secondary N) is 2. The molecule has 2 aromatic carbocycles. The molecular weight excluding hydrogens is 306 g/mol. The second-order valence-electron chi connectivity index (χ2n) is 5.35. The maximum absolute atomic E-state index is 12.2. The number of aromatic amines is 1. The number of para-hydroxylation sites is 3. The van der Waals surface area contributed by atoms with Gasteiger partial charge in [0.25, 0.3) is 5.91 Å². The Morgan fingerprint density at radius 3 is 2.79 bits per heavy atom. The van der Waals surface area contributed by atoms with Gasteiger partial charge in [0.15, 0.2) is 11.2 Å². The Morgan fingerprint density at radius 2 is 1.92 bits per heavy atom. The van der Waals surface area contributed by atoms with Crippen LogP contribution < -0.4 is 10.7 Å². The third-order valence-corrected chi connectivity index (χ3v) is 3.71. The van der Waals surface area contributed by atoms with Crippen molar-refractivity contribution < 1.29 is 9.21 Å². The van der Waals surface area contributed by atoms with Crippen LogP contribution in [0.5, 0.6) is 0 Å². The summed E-state index contributed by atoms with van der Waals surface area (Å²) in [4.78, 5) is 31.8. The van der Waals surface area contributed by atoms with Gasteiger partial charge >= 0.3 is 0 Å². The fourth-order valence-electron chi connectivity index (χ4n) is 2.56. The molecule has 0 saturated heterocycles. The Labute approximate surface area is 136 Å². The van der Waals surface area contributed by atoms with Gasteiger partial charge in [-0.15, -0.1) is 0 Å². The van der Waals surface area contributed by atoms with Crippen molar-refractivity contribution in [3.05, 3.63) is 76.4 Å². The van der Waals surface area contributed by atoms with Crippen molar-refractivity contribution in [1.29, 1.82) is 0 Å². The summed E-state index contributed by atoms with van der Waals surface area (Å²) in [5.74, 6) is 0.154. The normalized spacial score (nSPS) is 11.0. The van der Waals surface area contributed by atoms with Crippen molar-refractivity contribution in [2.45, 2.75) is 6.54 Å². The summed E-state index contributed by atoms with van der Waals surface area (Å²) >= 11 is 0. The van der Waals surface area contributed by atoms with Crippen LogP contribution in [0.25, 0.3) is 22.0 Å². The van der Waals surface area contributed by atoms with E-state index in [9.17, 15) is 9.59 Å². The van der Waals surface area contributed by atoms with Gasteiger partial charge in [0.2, 0.25) is 0 Å². The number of amides is 1. The first-order valence-corrected chi connectivity index (χ1v) is 7.45. The first-order valence-electron chi connectivity index (χ1n) is 7.45.